The van der Waals surface area contributed by atoms with Gasteiger partial charge in [0, 0.05) is 49.2 Å². The number of aliphatic hydroxyl groups is 1. The number of amides is 1. The number of hydrogen-bond donors (Lipinski definition) is 1. The number of para-hydroxylation sites is 1. The molecule has 0 bridgehead atoms. The topological polar surface area (TPSA) is 56.7 Å². The summed E-state index contributed by atoms with van der Waals surface area (Å²) in [5.41, 5.74) is 2.80. The van der Waals surface area contributed by atoms with Crippen molar-refractivity contribution in [3.63, 3.8) is 0 Å². The van der Waals surface area contributed by atoms with Crippen molar-refractivity contribution in [3.05, 3.63) is 59.9 Å². The number of hydrogen-bond acceptors (Lipinski definition) is 4. The number of carbonyl (C=O) groups excluding carboxylic acids is 1. The number of aliphatic hydroxyl groups excluding tert-OH is 1. The molecule has 0 radical (unpaired) electrons. The lowest BCUT2D eigenvalue weighted by Crippen LogP contribution is -2.69. The van der Waals surface area contributed by atoms with Crippen LogP contribution in [0.15, 0.2) is 48.8 Å². The lowest BCUT2D eigenvalue weighted by atomic mass is 9.71. The smallest absolute Gasteiger partial charge is 0.259 e. The largest absolute Gasteiger partial charge is 0.395 e. The van der Waals surface area contributed by atoms with E-state index >= 15 is 0 Å². The fourth-order valence-corrected chi connectivity index (χ4v) is 5.74. The molecule has 1 aromatic heterocycles. The van der Waals surface area contributed by atoms with Crippen molar-refractivity contribution in [2.24, 2.45) is 5.92 Å². The molecule has 1 aliphatic carbocycles. The number of rotatable bonds is 4. The van der Waals surface area contributed by atoms with E-state index < -0.39 is 0 Å². The van der Waals surface area contributed by atoms with Crippen molar-refractivity contribution in [1.29, 1.82) is 0 Å². The van der Waals surface area contributed by atoms with Crippen molar-refractivity contribution in [1.82, 2.24) is 9.88 Å². The Bertz CT molecular complexity index is 865. The Labute approximate surface area is 172 Å². The molecular weight excluding hydrogens is 362 g/mol. The zero-order chi connectivity index (χ0) is 19.8. The van der Waals surface area contributed by atoms with Crippen LogP contribution in [0.25, 0.3) is 0 Å². The summed E-state index contributed by atoms with van der Waals surface area (Å²) in [7, 11) is 0. The van der Waals surface area contributed by atoms with Crippen molar-refractivity contribution in [2.75, 3.05) is 24.6 Å². The van der Waals surface area contributed by atoms with E-state index in [4.69, 9.17) is 0 Å². The molecule has 1 saturated carbocycles. The number of aromatic nitrogens is 1. The minimum atomic E-state index is 0.00839. The molecule has 2 fully saturated rings. The van der Waals surface area contributed by atoms with Gasteiger partial charge in [0.1, 0.15) is 0 Å². The number of likely N-dealkylation sites (tertiary alicyclic amines) is 1. The van der Waals surface area contributed by atoms with Crippen LogP contribution in [0.5, 0.6) is 0 Å². The van der Waals surface area contributed by atoms with Gasteiger partial charge in [-0.2, -0.15) is 0 Å². The number of nitrogens with zero attached hydrogens (tertiary/aromatic N) is 3. The van der Waals surface area contributed by atoms with E-state index in [1.54, 1.807) is 12.4 Å². The number of fused-ring (bicyclic) bond motifs is 3. The fraction of sp³-hybridized carbons (Fsp3) is 0.500. The van der Waals surface area contributed by atoms with E-state index in [9.17, 15) is 9.90 Å². The summed E-state index contributed by atoms with van der Waals surface area (Å²) in [5.74, 6) is 1.03. The van der Waals surface area contributed by atoms with Gasteiger partial charge in [0.25, 0.3) is 5.91 Å². The Morgan fingerprint density at radius 3 is 2.69 bits per heavy atom. The molecule has 1 aromatic carbocycles. The van der Waals surface area contributed by atoms with Crippen LogP contribution in [0.3, 0.4) is 0 Å². The third kappa shape index (κ3) is 3.26. The van der Waals surface area contributed by atoms with Crippen LogP contribution in [0.4, 0.5) is 5.69 Å². The van der Waals surface area contributed by atoms with Gasteiger partial charge in [0.15, 0.2) is 0 Å². The first-order valence-corrected chi connectivity index (χ1v) is 11.0. The molecule has 1 saturated heterocycles. The number of anilines is 1. The zero-order valence-corrected chi connectivity index (χ0v) is 16.8. The molecule has 0 spiro atoms. The predicted molar refractivity (Wildman–Crippen MR) is 113 cm³/mol. The van der Waals surface area contributed by atoms with Gasteiger partial charge >= 0.3 is 0 Å². The molecule has 1 N–H and O–H groups in total. The van der Waals surface area contributed by atoms with E-state index in [0.717, 1.165) is 18.2 Å². The Morgan fingerprint density at radius 2 is 1.93 bits per heavy atom. The summed E-state index contributed by atoms with van der Waals surface area (Å²) >= 11 is 0. The third-order valence-corrected chi connectivity index (χ3v) is 7.17. The first-order chi connectivity index (χ1) is 14.3. The van der Waals surface area contributed by atoms with Crippen LogP contribution in [0.2, 0.25) is 0 Å². The van der Waals surface area contributed by atoms with Crippen LogP contribution < -0.4 is 4.90 Å². The zero-order valence-electron chi connectivity index (χ0n) is 16.8. The second kappa shape index (κ2) is 7.88. The van der Waals surface area contributed by atoms with Crippen LogP contribution in [-0.2, 0) is 0 Å². The van der Waals surface area contributed by atoms with E-state index in [-0.39, 0.29) is 24.6 Å². The van der Waals surface area contributed by atoms with Gasteiger partial charge in [-0.15, -0.1) is 0 Å². The summed E-state index contributed by atoms with van der Waals surface area (Å²) in [6.07, 6.45) is 9.93. The summed E-state index contributed by atoms with van der Waals surface area (Å²) in [4.78, 5) is 21.8. The first-order valence-electron chi connectivity index (χ1n) is 11.0. The molecule has 0 unspecified atom stereocenters. The molecule has 29 heavy (non-hydrogen) atoms. The SMILES string of the molecule is O=C(c1cccnc1)N1C[C@H]2[C@@H](c3ccccc31)[C@H](CO)N2CC1CCCCC1. The number of benzene rings is 1. The molecule has 2 aromatic rings. The number of carbonyl (C=O) groups is 1. The highest BCUT2D eigenvalue weighted by atomic mass is 16.3. The first kappa shape index (κ1) is 18.8. The Hall–Kier alpha value is -2.24. The van der Waals surface area contributed by atoms with Gasteiger partial charge < -0.3 is 10.0 Å². The van der Waals surface area contributed by atoms with Gasteiger partial charge in [-0.1, -0.05) is 37.5 Å². The predicted octanol–water partition coefficient (Wildman–Crippen LogP) is 3.45. The maximum absolute atomic E-state index is 13.3. The molecule has 152 valence electrons. The second-order valence-corrected chi connectivity index (χ2v) is 8.76. The average molecular weight is 392 g/mol. The minimum absolute atomic E-state index is 0.00839. The Morgan fingerprint density at radius 1 is 1.10 bits per heavy atom. The normalized spacial score (nSPS) is 27.1. The third-order valence-electron chi connectivity index (χ3n) is 7.17. The van der Waals surface area contributed by atoms with Crippen LogP contribution in [0, 0.1) is 5.92 Å². The summed E-state index contributed by atoms with van der Waals surface area (Å²) in [6.45, 7) is 1.90. The van der Waals surface area contributed by atoms with Gasteiger partial charge in [0.2, 0.25) is 0 Å². The molecule has 3 heterocycles. The second-order valence-electron chi connectivity index (χ2n) is 8.76. The highest BCUT2D eigenvalue weighted by Gasteiger charge is 2.53. The van der Waals surface area contributed by atoms with E-state index in [1.165, 1.54) is 37.7 Å². The van der Waals surface area contributed by atoms with Gasteiger partial charge in [-0.3, -0.25) is 14.7 Å². The van der Waals surface area contributed by atoms with Crippen LogP contribution >= 0.6 is 0 Å². The van der Waals surface area contributed by atoms with Crippen molar-refractivity contribution in [2.45, 2.75) is 50.1 Å². The fourth-order valence-electron chi connectivity index (χ4n) is 5.74. The van der Waals surface area contributed by atoms with E-state index in [1.807, 2.05) is 35.2 Å². The minimum Gasteiger partial charge on any atom is -0.395 e. The molecule has 5 heteroatoms. The molecule has 3 atom stereocenters. The molecule has 5 nitrogen and oxygen atoms in total. The van der Waals surface area contributed by atoms with Gasteiger partial charge in [-0.25, -0.2) is 0 Å². The molecule has 5 rings (SSSR count). The maximum Gasteiger partial charge on any atom is 0.259 e. The number of pyridine rings is 1. The molecule has 3 aliphatic rings. The van der Waals surface area contributed by atoms with Crippen molar-refractivity contribution in [3.8, 4) is 0 Å². The van der Waals surface area contributed by atoms with E-state index in [2.05, 4.69) is 16.0 Å². The quantitative estimate of drug-likeness (QED) is 0.867. The summed E-state index contributed by atoms with van der Waals surface area (Å²) in [5, 5.41) is 10.2. The monoisotopic (exact) mass is 391 g/mol. The van der Waals surface area contributed by atoms with Crippen molar-refractivity contribution < 1.29 is 9.90 Å². The Balaban J connectivity index is 1.45. The van der Waals surface area contributed by atoms with Gasteiger partial charge in [-0.05, 0) is 42.5 Å². The highest BCUT2D eigenvalue weighted by Crippen LogP contribution is 2.49. The van der Waals surface area contributed by atoms with Crippen LogP contribution in [0.1, 0.15) is 53.9 Å². The lowest BCUT2D eigenvalue weighted by Gasteiger charge is -2.60. The molecular formula is C24H29N3O2. The highest BCUT2D eigenvalue weighted by molar-refractivity contribution is 6.06. The van der Waals surface area contributed by atoms with Crippen LogP contribution in [-0.4, -0.2) is 52.7 Å². The standard InChI is InChI=1S/C24H29N3O2/c28-16-22-23-19-10-4-5-11-20(19)27(24(29)18-9-6-12-25-13-18)15-21(23)26(22)14-17-7-2-1-3-8-17/h4-6,9-13,17,21-23,28H,1-3,7-8,14-16H2/t21-,22-,23+/m0/s1. The molecule has 2 aliphatic heterocycles. The Kier molecular flexibility index (Phi) is 5.10. The summed E-state index contributed by atoms with van der Waals surface area (Å²) in [6, 6.07) is 12.3. The van der Waals surface area contributed by atoms with Crippen molar-refractivity contribution >= 4 is 11.6 Å². The van der Waals surface area contributed by atoms with E-state index in [0.29, 0.717) is 18.0 Å². The summed E-state index contributed by atoms with van der Waals surface area (Å²) < 4.78 is 0. The maximum atomic E-state index is 13.3. The molecule has 1 amide bonds. The van der Waals surface area contributed by atoms with Gasteiger partial charge in [0.05, 0.1) is 12.2 Å². The lowest BCUT2D eigenvalue weighted by molar-refractivity contribution is -0.0545. The average Bonchev–Trinajstić information content (AvgIpc) is 2.78.